The Morgan fingerprint density at radius 1 is 1.41 bits per heavy atom. The standard InChI is InChI=1S/C9H19NO6S/c1-7(2)16-4-5-17(13,14)10-8(6-15-3)9(11)12/h7-8,10H,4-6H2,1-3H3,(H,11,12). The summed E-state index contributed by atoms with van der Waals surface area (Å²) in [5, 5.41) is 8.74. The number of ether oxygens (including phenoxy) is 2. The molecule has 1 unspecified atom stereocenters. The van der Waals surface area contributed by atoms with Gasteiger partial charge in [0, 0.05) is 7.11 Å². The molecule has 2 N–H and O–H groups in total. The maximum atomic E-state index is 11.5. The van der Waals surface area contributed by atoms with Crippen LogP contribution >= 0.6 is 0 Å². The number of methoxy groups -OCH3 is 1. The fourth-order valence-corrected chi connectivity index (χ4v) is 2.03. The molecule has 0 aromatic rings. The summed E-state index contributed by atoms with van der Waals surface area (Å²) in [5.74, 6) is -1.56. The Hall–Kier alpha value is -0.700. The molecule has 0 aromatic heterocycles. The molecule has 0 aliphatic carbocycles. The van der Waals surface area contributed by atoms with Crippen LogP contribution in [0.1, 0.15) is 13.8 Å². The summed E-state index contributed by atoms with van der Waals surface area (Å²) in [4.78, 5) is 10.7. The molecule has 8 heteroatoms. The monoisotopic (exact) mass is 269 g/mol. The number of sulfonamides is 1. The number of hydrogen-bond acceptors (Lipinski definition) is 5. The Bertz CT molecular complexity index is 326. The molecule has 0 heterocycles. The van der Waals surface area contributed by atoms with E-state index < -0.39 is 22.0 Å². The van der Waals surface area contributed by atoms with Crippen LogP contribution in [0.25, 0.3) is 0 Å². The summed E-state index contributed by atoms with van der Waals surface area (Å²) in [6.45, 7) is 3.36. The second-order valence-corrected chi connectivity index (χ2v) is 5.58. The van der Waals surface area contributed by atoms with Crippen molar-refractivity contribution in [1.29, 1.82) is 0 Å². The highest BCUT2D eigenvalue weighted by atomic mass is 32.2. The summed E-state index contributed by atoms with van der Waals surface area (Å²) in [6.07, 6.45) is -0.0700. The quantitative estimate of drug-likeness (QED) is 0.581. The predicted octanol–water partition coefficient (Wildman–Crippen LogP) is -0.570. The summed E-state index contributed by atoms with van der Waals surface area (Å²) >= 11 is 0. The van der Waals surface area contributed by atoms with Crippen LogP contribution in [0.5, 0.6) is 0 Å². The molecule has 17 heavy (non-hydrogen) atoms. The van der Waals surface area contributed by atoms with Crippen LogP contribution in [-0.2, 0) is 24.3 Å². The van der Waals surface area contributed by atoms with Crippen molar-refractivity contribution in [3.8, 4) is 0 Å². The number of hydrogen-bond donors (Lipinski definition) is 2. The van der Waals surface area contributed by atoms with Gasteiger partial charge in [0.25, 0.3) is 0 Å². The van der Waals surface area contributed by atoms with Crippen LogP contribution in [0.3, 0.4) is 0 Å². The summed E-state index contributed by atoms with van der Waals surface area (Å²) in [7, 11) is -2.38. The smallest absolute Gasteiger partial charge is 0.324 e. The van der Waals surface area contributed by atoms with Crippen LogP contribution < -0.4 is 4.72 Å². The average Bonchev–Trinajstić information content (AvgIpc) is 2.15. The highest BCUT2D eigenvalue weighted by Gasteiger charge is 2.23. The summed E-state index contributed by atoms with van der Waals surface area (Å²) < 4.78 is 34.7. The van der Waals surface area contributed by atoms with Gasteiger partial charge < -0.3 is 14.6 Å². The second-order valence-electron chi connectivity index (χ2n) is 3.70. The Kier molecular flexibility index (Phi) is 7.28. The van der Waals surface area contributed by atoms with E-state index in [2.05, 4.69) is 4.74 Å². The topological polar surface area (TPSA) is 102 Å². The molecule has 0 radical (unpaired) electrons. The molecule has 1 atom stereocenters. The Morgan fingerprint density at radius 3 is 2.41 bits per heavy atom. The van der Waals surface area contributed by atoms with Gasteiger partial charge in [-0.05, 0) is 13.8 Å². The molecule has 0 saturated carbocycles. The van der Waals surface area contributed by atoms with Gasteiger partial charge in [-0.3, -0.25) is 4.79 Å². The highest BCUT2D eigenvalue weighted by Crippen LogP contribution is 1.94. The van der Waals surface area contributed by atoms with Crippen LogP contribution in [0.2, 0.25) is 0 Å². The molecule has 0 aliphatic heterocycles. The maximum Gasteiger partial charge on any atom is 0.324 e. The van der Waals surface area contributed by atoms with Crippen molar-refractivity contribution in [2.75, 3.05) is 26.1 Å². The van der Waals surface area contributed by atoms with Gasteiger partial charge in [0.2, 0.25) is 10.0 Å². The van der Waals surface area contributed by atoms with Crippen LogP contribution in [0, 0.1) is 0 Å². The lowest BCUT2D eigenvalue weighted by atomic mass is 10.3. The molecule has 102 valence electrons. The summed E-state index contributed by atoms with van der Waals surface area (Å²) in [5.41, 5.74) is 0. The van der Waals surface area contributed by atoms with Crippen molar-refractivity contribution in [1.82, 2.24) is 4.72 Å². The first-order valence-electron chi connectivity index (χ1n) is 5.12. The third-order valence-corrected chi connectivity index (χ3v) is 3.10. The first-order chi connectivity index (χ1) is 7.78. The number of aliphatic carboxylic acids is 1. The number of carboxylic acid groups (broad SMARTS) is 1. The predicted molar refractivity (Wildman–Crippen MR) is 61.3 cm³/mol. The molecular weight excluding hydrogens is 250 g/mol. The third kappa shape index (κ3) is 8.08. The number of rotatable bonds is 9. The van der Waals surface area contributed by atoms with Gasteiger partial charge in [0.05, 0.1) is 25.1 Å². The minimum Gasteiger partial charge on any atom is -0.480 e. The van der Waals surface area contributed by atoms with Gasteiger partial charge >= 0.3 is 5.97 Å². The largest absolute Gasteiger partial charge is 0.480 e. The lowest BCUT2D eigenvalue weighted by Crippen LogP contribution is -2.45. The van der Waals surface area contributed by atoms with Gasteiger partial charge in [0.1, 0.15) is 6.04 Å². The van der Waals surface area contributed by atoms with Gasteiger partial charge in [-0.25, -0.2) is 8.42 Å². The van der Waals surface area contributed by atoms with Crippen molar-refractivity contribution >= 4 is 16.0 Å². The first kappa shape index (κ1) is 16.3. The molecule has 7 nitrogen and oxygen atoms in total. The zero-order valence-electron chi connectivity index (χ0n) is 10.2. The third-order valence-electron chi connectivity index (χ3n) is 1.76. The molecule has 0 rings (SSSR count). The number of carboxylic acids is 1. The van der Waals surface area contributed by atoms with Crippen molar-refractivity contribution in [2.24, 2.45) is 0 Å². The van der Waals surface area contributed by atoms with E-state index in [1.807, 2.05) is 4.72 Å². The molecule has 0 fully saturated rings. The fourth-order valence-electron chi connectivity index (χ4n) is 0.992. The molecule has 0 aromatic carbocycles. The Morgan fingerprint density at radius 2 is 2.00 bits per heavy atom. The molecule has 0 saturated heterocycles. The van der Waals surface area contributed by atoms with Crippen LogP contribution in [-0.4, -0.2) is 57.7 Å². The number of carbonyl (C=O) groups is 1. The van der Waals surface area contributed by atoms with E-state index in [9.17, 15) is 13.2 Å². The van der Waals surface area contributed by atoms with Gasteiger partial charge in [-0.2, -0.15) is 4.72 Å². The van der Waals surface area contributed by atoms with E-state index in [1.165, 1.54) is 7.11 Å². The molecule has 0 aliphatic rings. The highest BCUT2D eigenvalue weighted by molar-refractivity contribution is 7.89. The normalized spacial score (nSPS) is 13.9. The van der Waals surface area contributed by atoms with Crippen molar-refractivity contribution in [3.05, 3.63) is 0 Å². The molecular formula is C9H19NO6S. The molecule has 0 spiro atoms. The van der Waals surface area contributed by atoms with Crippen molar-refractivity contribution in [3.63, 3.8) is 0 Å². The second kappa shape index (κ2) is 7.59. The fraction of sp³-hybridized carbons (Fsp3) is 0.889. The van der Waals surface area contributed by atoms with E-state index in [0.717, 1.165) is 0 Å². The van der Waals surface area contributed by atoms with Crippen LogP contribution in [0.4, 0.5) is 0 Å². The van der Waals surface area contributed by atoms with Gasteiger partial charge in [0.15, 0.2) is 0 Å². The Balaban J connectivity index is 4.26. The van der Waals surface area contributed by atoms with Crippen molar-refractivity contribution in [2.45, 2.75) is 26.0 Å². The lowest BCUT2D eigenvalue weighted by molar-refractivity contribution is -0.140. The average molecular weight is 269 g/mol. The van der Waals surface area contributed by atoms with Gasteiger partial charge in [-0.15, -0.1) is 0 Å². The van der Waals surface area contributed by atoms with E-state index >= 15 is 0 Å². The molecule has 0 bridgehead atoms. The SMILES string of the molecule is COCC(NS(=O)(=O)CCOC(C)C)C(=O)O. The van der Waals surface area contributed by atoms with Gasteiger partial charge in [-0.1, -0.05) is 0 Å². The van der Waals surface area contributed by atoms with Crippen molar-refractivity contribution < 1.29 is 27.8 Å². The number of nitrogens with one attached hydrogen (secondary N) is 1. The van der Waals surface area contributed by atoms with E-state index in [-0.39, 0.29) is 25.1 Å². The Labute approximate surface area is 101 Å². The molecule has 0 amide bonds. The minimum atomic E-state index is -3.68. The van der Waals surface area contributed by atoms with E-state index in [4.69, 9.17) is 9.84 Å². The van der Waals surface area contributed by atoms with E-state index in [1.54, 1.807) is 13.8 Å². The minimum absolute atomic E-state index is 0.0202. The maximum absolute atomic E-state index is 11.5. The zero-order valence-corrected chi connectivity index (χ0v) is 11.0. The van der Waals surface area contributed by atoms with E-state index in [0.29, 0.717) is 0 Å². The summed E-state index contributed by atoms with van der Waals surface area (Å²) in [6, 6.07) is -1.27. The lowest BCUT2D eigenvalue weighted by Gasteiger charge is -2.14. The van der Waals surface area contributed by atoms with Crippen LogP contribution in [0.15, 0.2) is 0 Å². The zero-order chi connectivity index (χ0) is 13.5. The first-order valence-corrected chi connectivity index (χ1v) is 6.77.